The normalized spacial score (nSPS) is 10.8. The van der Waals surface area contributed by atoms with Gasteiger partial charge >= 0.3 is 0 Å². The Morgan fingerprint density at radius 1 is 1.32 bits per heavy atom. The molecule has 0 fully saturated rings. The van der Waals surface area contributed by atoms with Crippen molar-refractivity contribution >= 4 is 21.8 Å². The molecule has 0 saturated heterocycles. The summed E-state index contributed by atoms with van der Waals surface area (Å²) in [5.41, 5.74) is 0.676. The summed E-state index contributed by atoms with van der Waals surface area (Å²) in [7, 11) is -3.43. The molecule has 0 heterocycles. The van der Waals surface area contributed by atoms with Crippen LogP contribution in [-0.4, -0.2) is 38.7 Å². The number of sulfonamides is 1. The maximum atomic E-state index is 11.9. The van der Waals surface area contributed by atoms with Gasteiger partial charge in [-0.3, -0.25) is 0 Å². The number of aliphatic hydroxyl groups excluding tert-OH is 1. The van der Waals surface area contributed by atoms with E-state index >= 15 is 0 Å². The highest BCUT2D eigenvalue weighted by atomic mass is 32.2. The van der Waals surface area contributed by atoms with E-state index in [1.807, 2.05) is 6.26 Å². The van der Waals surface area contributed by atoms with Gasteiger partial charge in [0.1, 0.15) is 6.61 Å². The molecule has 0 radical (unpaired) electrons. The van der Waals surface area contributed by atoms with E-state index in [4.69, 9.17) is 5.11 Å². The van der Waals surface area contributed by atoms with Crippen LogP contribution in [0.5, 0.6) is 0 Å². The summed E-state index contributed by atoms with van der Waals surface area (Å²) in [6.07, 6.45) is 2.79. The lowest BCUT2D eigenvalue weighted by Gasteiger charge is -2.06. The molecule has 1 aromatic carbocycles. The van der Waals surface area contributed by atoms with Gasteiger partial charge in [0.15, 0.2) is 0 Å². The van der Waals surface area contributed by atoms with Crippen molar-refractivity contribution in [2.45, 2.75) is 11.3 Å². The minimum Gasteiger partial charge on any atom is -0.384 e. The van der Waals surface area contributed by atoms with E-state index in [0.717, 1.165) is 12.2 Å². The number of benzene rings is 1. The molecule has 0 spiro atoms. The Hall–Kier alpha value is -1.00. The molecule has 19 heavy (non-hydrogen) atoms. The molecule has 4 nitrogen and oxygen atoms in total. The summed E-state index contributed by atoms with van der Waals surface area (Å²) in [5, 5.41) is 8.57. The fraction of sp³-hybridized carbons (Fsp3) is 0.385. The van der Waals surface area contributed by atoms with Gasteiger partial charge in [-0.1, -0.05) is 11.8 Å². The molecule has 1 rings (SSSR count). The standard InChI is InChI=1S/C13H17NO3S2/c1-18-11-3-9-14-19(16,17)13-7-5-12(6-8-13)4-2-10-15/h5-8,14-15H,3,9-11H2,1H3. The van der Waals surface area contributed by atoms with Gasteiger partial charge in [-0.25, -0.2) is 13.1 Å². The number of rotatable bonds is 6. The van der Waals surface area contributed by atoms with E-state index in [9.17, 15) is 8.42 Å². The highest BCUT2D eigenvalue weighted by Gasteiger charge is 2.12. The molecule has 104 valence electrons. The van der Waals surface area contributed by atoms with Crippen molar-refractivity contribution in [1.29, 1.82) is 0 Å². The molecule has 6 heteroatoms. The molecular formula is C13H17NO3S2. The van der Waals surface area contributed by atoms with Crippen LogP contribution in [0.4, 0.5) is 0 Å². The summed E-state index contributed by atoms with van der Waals surface area (Å²) in [5.74, 6) is 6.15. The van der Waals surface area contributed by atoms with Crippen LogP contribution in [0.25, 0.3) is 0 Å². The second-order valence-corrected chi connectivity index (χ2v) is 6.48. The third-order valence-corrected chi connectivity index (χ3v) is 4.47. The minimum atomic E-state index is -3.43. The molecule has 0 aliphatic rings. The van der Waals surface area contributed by atoms with Crippen molar-refractivity contribution in [3.63, 3.8) is 0 Å². The molecule has 1 aromatic rings. The summed E-state index contributed by atoms with van der Waals surface area (Å²) < 4.78 is 26.4. The highest BCUT2D eigenvalue weighted by Crippen LogP contribution is 2.10. The van der Waals surface area contributed by atoms with Crippen molar-refractivity contribution in [3.05, 3.63) is 29.8 Å². The zero-order chi connectivity index (χ0) is 14.1. The van der Waals surface area contributed by atoms with Crippen LogP contribution in [0, 0.1) is 11.8 Å². The Morgan fingerprint density at radius 2 is 2.00 bits per heavy atom. The first-order valence-electron chi connectivity index (χ1n) is 5.78. The Balaban J connectivity index is 2.68. The average molecular weight is 299 g/mol. The Kier molecular flexibility index (Phi) is 6.95. The van der Waals surface area contributed by atoms with Gasteiger partial charge in [0.05, 0.1) is 4.90 Å². The summed E-state index contributed by atoms with van der Waals surface area (Å²) >= 11 is 1.69. The predicted molar refractivity (Wildman–Crippen MR) is 78.6 cm³/mol. The maximum absolute atomic E-state index is 11.9. The SMILES string of the molecule is CSCCCNS(=O)(=O)c1ccc(C#CCO)cc1. The molecule has 0 bridgehead atoms. The van der Waals surface area contributed by atoms with E-state index < -0.39 is 10.0 Å². The van der Waals surface area contributed by atoms with Crippen molar-refractivity contribution in [1.82, 2.24) is 4.72 Å². The van der Waals surface area contributed by atoms with Gasteiger partial charge in [-0.05, 0) is 42.7 Å². The van der Waals surface area contributed by atoms with E-state index in [1.54, 1.807) is 23.9 Å². The first-order valence-corrected chi connectivity index (χ1v) is 8.66. The summed E-state index contributed by atoms with van der Waals surface area (Å²) in [6.45, 7) is 0.228. The van der Waals surface area contributed by atoms with Crippen LogP contribution in [-0.2, 0) is 10.0 Å². The third kappa shape index (κ3) is 5.66. The molecule has 0 atom stereocenters. The van der Waals surface area contributed by atoms with Crippen LogP contribution in [0.1, 0.15) is 12.0 Å². The summed E-state index contributed by atoms with van der Waals surface area (Å²) in [6, 6.07) is 6.27. The van der Waals surface area contributed by atoms with Crippen LogP contribution in [0.2, 0.25) is 0 Å². The van der Waals surface area contributed by atoms with Gasteiger partial charge in [0.2, 0.25) is 10.0 Å². The first-order chi connectivity index (χ1) is 9.10. The Labute approximate surface area is 118 Å². The first kappa shape index (κ1) is 16.1. The van der Waals surface area contributed by atoms with Gasteiger partial charge < -0.3 is 5.11 Å². The van der Waals surface area contributed by atoms with Crippen LogP contribution in [0.15, 0.2) is 29.2 Å². The molecular weight excluding hydrogens is 282 g/mol. The lowest BCUT2D eigenvalue weighted by atomic mass is 10.2. The van der Waals surface area contributed by atoms with Crippen molar-refractivity contribution in [3.8, 4) is 11.8 Å². The number of hydrogen-bond donors (Lipinski definition) is 2. The van der Waals surface area contributed by atoms with Crippen LogP contribution >= 0.6 is 11.8 Å². The van der Waals surface area contributed by atoms with E-state index in [-0.39, 0.29) is 11.5 Å². The molecule has 0 amide bonds. The quantitative estimate of drug-likeness (QED) is 0.609. The summed E-state index contributed by atoms with van der Waals surface area (Å²) in [4.78, 5) is 0.228. The fourth-order valence-electron chi connectivity index (χ4n) is 1.37. The average Bonchev–Trinajstić information content (AvgIpc) is 2.42. The Morgan fingerprint density at radius 3 is 2.58 bits per heavy atom. The van der Waals surface area contributed by atoms with E-state index in [0.29, 0.717) is 12.1 Å². The largest absolute Gasteiger partial charge is 0.384 e. The van der Waals surface area contributed by atoms with E-state index in [1.165, 1.54) is 12.1 Å². The van der Waals surface area contributed by atoms with Crippen molar-refractivity contribution in [2.75, 3.05) is 25.2 Å². The molecule has 0 saturated carbocycles. The lowest BCUT2D eigenvalue weighted by Crippen LogP contribution is -2.25. The lowest BCUT2D eigenvalue weighted by molar-refractivity contribution is 0.350. The van der Waals surface area contributed by atoms with Gasteiger partial charge in [0.25, 0.3) is 0 Å². The fourth-order valence-corrected chi connectivity index (χ4v) is 2.87. The number of nitrogens with one attached hydrogen (secondary N) is 1. The third-order valence-electron chi connectivity index (χ3n) is 2.29. The molecule has 0 unspecified atom stereocenters. The van der Waals surface area contributed by atoms with Gasteiger partial charge in [0, 0.05) is 12.1 Å². The molecule has 0 aromatic heterocycles. The second kappa shape index (κ2) is 8.23. The zero-order valence-electron chi connectivity index (χ0n) is 10.7. The number of hydrogen-bond acceptors (Lipinski definition) is 4. The van der Waals surface area contributed by atoms with Crippen molar-refractivity contribution < 1.29 is 13.5 Å². The van der Waals surface area contributed by atoms with Crippen molar-refractivity contribution in [2.24, 2.45) is 0 Å². The zero-order valence-corrected chi connectivity index (χ0v) is 12.4. The smallest absolute Gasteiger partial charge is 0.240 e. The Bertz CT molecular complexity index is 541. The molecule has 0 aliphatic carbocycles. The number of aliphatic hydroxyl groups is 1. The molecule has 2 N–H and O–H groups in total. The van der Waals surface area contributed by atoms with Crippen LogP contribution in [0.3, 0.4) is 0 Å². The molecule has 0 aliphatic heterocycles. The van der Waals surface area contributed by atoms with Crippen LogP contribution < -0.4 is 4.72 Å². The maximum Gasteiger partial charge on any atom is 0.240 e. The van der Waals surface area contributed by atoms with Gasteiger partial charge in [-0.15, -0.1) is 0 Å². The minimum absolute atomic E-state index is 0.211. The second-order valence-electron chi connectivity index (χ2n) is 3.73. The van der Waals surface area contributed by atoms with Gasteiger partial charge in [-0.2, -0.15) is 11.8 Å². The highest BCUT2D eigenvalue weighted by molar-refractivity contribution is 7.98. The predicted octanol–water partition coefficient (Wildman–Crippen LogP) is 1.06. The number of thioether (sulfide) groups is 1. The van der Waals surface area contributed by atoms with E-state index in [2.05, 4.69) is 16.6 Å². The monoisotopic (exact) mass is 299 g/mol. The topological polar surface area (TPSA) is 66.4 Å².